The third kappa shape index (κ3) is 2.07. The van der Waals surface area contributed by atoms with Gasteiger partial charge in [-0.25, -0.2) is 0 Å². The van der Waals surface area contributed by atoms with E-state index in [0.717, 1.165) is 11.6 Å². The number of aryl methyl sites for hydroxylation is 1. The molecule has 1 aromatic heterocycles. The number of aromatic nitrogens is 1. The van der Waals surface area contributed by atoms with Gasteiger partial charge in [-0.2, -0.15) is 0 Å². The fraction of sp³-hybridized carbons (Fsp3) is 0.429. The van der Waals surface area contributed by atoms with Gasteiger partial charge in [-0.15, -0.1) is 0 Å². The van der Waals surface area contributed by atoms with E-state index in [2.05, 4.69) is 42.9 Å². The second-order valence-corrected chi connectivity index (χ2v) is 5.21. The molecule has 0 atom stereocenters. The number of nitrogens with zero attached hydrogens (tertiary/aromatic N) is 1. The van der Waals surface area contributed by atoms with Crippen LogP contribution in [0.1, 0.15) is 31.0 Å². The van der Waals surface area contributed by atoms with E-state index in [-0.39, 0.29) is 0 Å². The Hall–Kier alpha value is -0.990. The zero-order valence-corrected chi connectivity index (χ0v) is 11.6. The predicted octanol–water partition coefficient (Wildman–Crippen LogP) is 3.67. The van der Waals surface area contributed by atoms with E-state index in [1.54, 1.807) is 0 Å². The van der Waals surface area contributed by atoms with Crippen LogP contribution in [0.5, 0.6) is 0 Å². The molecule has 2 nitrogen and oxygen atoms in total. The minimum Gasteiger partial charge on any atom is -0.347 e. The Morgan fingerprint density at radius 2 is 2.06 bits per heavy atom. The highest BCUT2D eigenvalue weighted by atomic mass is 35.5. The van der Waals surface area contributed by atoms with E-state index in [0.29, 0.717) is 5.92 Å². The Kier molecular flexibility index (Phi) is 3.45. The molecule has 0 amide bonds. The summed E-state index contributed by atoms with van der Waals surface area (Å²) in [5.74, 6) is 0.509. The molecule has 2 rings (SSSR count). The highest BCUT2D eigenvalue weighted by Crippen LogP contribution is 2.31. The first-order chi connectivity index (χ1) is 8.06. The van der Waals surface area contributed by atoms with E-state index in [1.807, 2.05) is 13.1 Å². The number of hydrogen-bond donors (Lipinski definition) is 1. The Bertz CT molecular complexity index is 541. The SMILES string of the molecule is CNCc1c(C(C)C)n(C)c2ccc(Cl)cc12. The second kappa shape index (κ2) is 4.71. The van der Waals surface area contributed by atoms with Gasteiger partial charge in [0.05, 0.1) is 0 Å². The van der Waals surface area contributed by atoms with E-state index in [1.165, 1.54) is 22.2 Å². The molecule has 0 unspecified atom stereocenters. The van der Waals surface area contributed by atoms with Gasteiger partial charge in [-0.05, 0) is 36.7 Å². The summed E-state index contributed by atoms with van der Waals surface area (Å²) in [5, 5.41) is 5.31. The fourth-order valence-electron chi connectivity index (χ4n) is 2.61. The van der Waals surface area contributed by atoms with Crippen LogP contribution in [0.2, 0.25) is 5.02 Å². The van der Waals surface area contributed by atoms with Gasteiger partial charge in [0, 0.05) is 35.2 Å². The summed E-state index contributed by atoms with van der Waals surface area (Å²) in [5.41, 5.74) is 4.00. The molecule has 0 saturated heterocycles. The van der Waals surface area contributed by atoms with Crippen molar-refractivity contribution in [1.29, 1.82) is 0 Å². The Morgan fingerprint density at radius 3 is 2.65 bits per heavy atom. The second-order valence-electron chi connectivity index (χ2n) is 4.77. The molecule has 0 aliphatic carbocycles. The van der Waals surface area contributed by atoms with Gasteiger partial charge in [0.2, 0.25) is 0 Å². The molecule has 1 aromatic carbocycles. The molecule has 0 fully saturated rings. The summed E-state index contributed by atoms with van der Waals surface area (Å²) in [6.45, 7) is 5.34. The first-order valence-electron chi connectivity index (χ1n) is 5.97. The molecule has 17 heavy (non-hydrogen) atoms. The summed E-state index contributed by atoms with van der Waals surface area (Å²) in [4.78, 5) is 0. The molecule has 0 bridgehead atoms. The molecular formula is C14H19ClN2. The van der Waals surface area contributed by atoms with Crippen LogP contribution < -0.4 is 5.32 Å². The first-order valence-corrected chi connectivity index (χ1v) is 6.35. The predicted molar refractivity (Wildman–Crippen MR) is 74.8 cm³/mol. The quantitative estimate of drug-likeness (QED) is 0.880. The average Bonchev–Trinajstić information content (AvgIpc) is 2.52. The van der Waals surface area contributed by atoms with Crippen LogP contribution in [0.4, 0.5) is 0 Å². The van der Waals surface area contributed by atoms with E-state index < -0.39 is 0 Å². The van der Waals surface area contributed by atoms with Crippen molar-refractivity contribution in [3.8, 4) is 0 Å². The molecule has 0 saturated carbocycles. The topological polar surface area (TPSA) is 17.0 Å². The van der Waals surface area contributed by atoms with Gasteiger partial charge in [0.15, 0.2) is 0 Å². The lowest BCUT2D eigenvalue weighted by Crippen LogP contribution is -2.09. The van der Waals surface area contributed by atoms with Gasteiger partial charge >= 0.3 is 0 Å². The highest BCUT2D eigenvalue weighted by Gasteiger charge is 2.16. The third-order valence-electron chi connectivity index (χ3n) is 3.22. The molecule has 1 heterocycles. The van der Waals surface area contributed by atoms with Crippen molar-refractivity contribution < 1.29 is 0 Å². The standard InChI is InChI=1S/C14H19ClN2/c1-9(2)14-12(8-16-3)11-7-10(15)5-6-13(11)17(14)4/h5-7,9,16H,8H2,1-4H3. The van der Waals surface area contributed by atoms with Gasteiger partial charge in [-0.1, -0.05) is 25.4 Å². The minimum absolute atomic E-state index is 0.509. The largest absolute Gasteiger partial charge is 0.347 e. The lowest BCUT2D eigenvalue weighted by atomic mass is 10.0. The Morgan fingerprint density at radius 1 is 1.35 bits per heavy atom. The Balaban J connectivity index is 2.78. The fourth-order valence-corrected chi connectivity index (χ4v) is 2.78. The minimum atomic E-state index is 0.509. The summed E-state index contributed by atoms with van der Waals surface area (Å²) in [6.07, 6.45) is 0. The van der Waals surface area contributed by atoms with Crippen molar-refractivity contribution in [2.75, 3.05) is 7.05 Å². The van der Waals surface area contributed by atoms with Crippen LogP contribution in [0.15, 0.2) is 18.2 Å². The van der Waals surface area contributed by atoms with Crippen LogP contribution in [-0.4, -0.2) is 11.6 Å². The Labute approximate surface area is 108 Å². The van der Waals surface area contributed by atoms with Gasteiger partial charge in [0.25, 0.3) is 0 Å². The van der Waals surface area contributed by atoms with Crippen LogP contribution >= 0.6 is 11.6 Å². The number of fused-ring (bicyclic) bond motifs is 1. The third-order valence-corrected chi connectivity index (χ3v) is 3.45. The zero-order chi connectivity index (χ0) is 12.6. The lowest BCUT2D eigenvalue weighted by molar-refractivity contribution is 0.719. The number of rotatable bonds is 3. The molecule has 1 N–H and O–H groups in total. The van der Waals surface area contributed by atoms with E-state index in [4.69, 9.17) is 11.6 Å². The van der Waals surface area contributed by atoms with Crippen molar-refractivity contribution in [2.45, 2.75) is 26.3 Å². The monoisotopic (exact) mass is 250 g/mol. The normalized spacial score (nSPS) is 11.6. The molecule has 3 heteroatoms. The summed E-state index contributed by atoms with van der Waals surface area (Å²) < 4.78 is 2.28. The van der Waals surface area contributed by atoms with Gasteiger partial charge in [-0.3, -0.25) is 0 Å². The van der Waals surface area contributed by atoms with Crippen LogP contribution in [0.25, 0.3) is 10.9 Å². The highest BCUT2D eigenvalue weighted by molar-refractivity contribution is 6.31. The zero-order valence-electron chi connectivity index (χ0n) is 10.8. The average molecular weight is 251 g/mol. The maximum Gasteiger partial charge on any atom is 0.0484 e. The number of benzene rings is 1. The summed E-state index contributed by atoms with van der Waals surface area (Å²) >= 11 is 6.10. The molecular weight excluding hydrogens is 232 g/mol. The van der Waals surface area contributed by atoms with E-state index >= 15 is 0 Å². The van der Waals surface area contributed by atoms with Crippen LogP contribution in [-0.2, 0) is 13.6 Å². The first kappa shape index (κ1) is 12.5. The molecule has 0 radical (unpaired) electrons. The van der Waals surface area contributed by atoms with Gasteiger partial charge < -0.3 is 9.88 Å². The van der Waals surface area contributed by atoms with Crippen molar-refractivity contribution in [3.63, 3.8) is 0 Å². The van der Waals surface area contributed by atoms with Crippen molar-refractivity contribution in [3.05, 3.63) is 34.5 Å². The van der Waals surface area contributed by atoms with Gasteiger partial charge in [0.1, 0.15) is 0 Å². The summed E-state index contributed by atoms with van der Waals surface area (Å²) in [7, 11) is 4.11. The van der Waals surface area contributed by atoms with Crippen molar-refractivity contribution >= 4 is 22.5 Å². The van der Waals surface area contributed by atoms with Crippen molar-refractivity contribution in [1.82, 2.24) is 9.88 Å². The number of nitrogens with one attached hydrogen (secondary N) is 1. The molecule has 0 spiro atoms. The smallest absolute Gasteiger partial charge is 0.0484 e. The van der Waals surface area contributed by atoms with E-state index in [9.17, 15) is 0 Å². The summed E-state index contributed by atoms with van der Waals surface area (Å²) in [6, 6.07) is 6.12. The maximum atomic E-state index is 6.10. The van der Waals surface area contributed by atoms with Crippen LogP contribution in [0.3, 0.4) is 0 Å². The molecule has 2 aromatic rings. The molecule has 92 valence electrons. The molecule has 0 aliphatic heterocycles. The number of hydrogen-bond acceptors (Lipinski definition) is 1. The number of halogens is 1. The lowest BCUT2D eigenvalue weighted by Gasteiger charge is -2.11. The van der Waals surface area contributed by atoms with Crippen molar-refractivity contribution in [2.24, 2.45) is 7.05 Å². The van der Waals surface area contributed by atoms with Crippen LogP contribution in [0, 0.1) is 0 Å². The maximum absolute atomic E-state index is 6.10. The molecule has 0 aliphatic rings.